The van der Waals surface area contributed by atoms with Crippen molar-refractivity contribution in [3.63, 3.8) is 0 Å². The molecular weight excluding hydrogens is 219 g/mol. The first-order valence-corrected chi connectivity index (χ1v) is 4.57. The third-order valence-electron chi connectivity index (χ3n) is 1.43. The average molecular weight is 226 g/mol. The fourth-order valence-corrected chi connectivity index (χ4v) is 1.60. The van der Waals surface area contributed by atoms with Crippen molar-refractivity contribution in [1.82, 2.24) is 0 Å². The summed E-state index contributed by atoms with van der Waals surface area (Å²) >= 11 is 0. The summed E-state index contributed by atoms with van der Waals surface area (Å²) in [6.45, 7) is 1.45. The first-order valence-electron chi connectivity index (χ1n) is 3.17. The van der Waals surface area contributed by atoms with Gasteiger partial charge in [-0.2, -0.15) is 0 Å². The number of hydrogen-bond acceptors (Lipinski definition) is 4. The molecule has 1 N–H and O–H groups in total. The van der Waals surface area contributed by atoms with E-state index in [4.69, 9.17) is 5.11 Å². The van der Waals surface area contributed by atoms with E-state index in [-0.39, 0.29) is 67.6 Å². The van der Waals surface area contributed by atoms with Gasteiger partial charge in [-0.05, 0) is 30.7 Å². The monoisotopic (exact) mass is 226 g/mol. The van der Waals surface area contributed by atoms with Crippen LogP contribution < -0.4 is 51.4 Å². The zero-order valence-corrected chi connectivity index (χ0v) is 11.3. The molecule has 4 nitrogen and oxygen atoms in total. The van der Waals surface area contributed by atoms with Gasteiger partial charge in [0.15, 0.2) is 0 Å². The van der Waals surface area contributed by atoms with E-state index < -0.39 is 10.1 Å². The number of benzene rings is 1. The van der Waals surface area contributed by atoms with Crippen molar-refractivity contribution in [2.24, 2.45) is 0 Å². The van der Waals surface area contributed by atoms with Crippen LogP contribution in [0.3, 0.4) is 0 Å². The van der Waals surface area contributed by atoms with E-state index in [9.17, 15) is 13.0 Å². The Balaban J connectivity index is 0.00000144. The molecule has 0 atom stereocenters. The molecular formula is C7H7KO4S. The molecule has 0 aliphatic rings. The van der Waals surface area contributed by atoms with Gasteiger partial charge in [0.1, 0.15) is 15.9 Å². The van der Waals surface area contributed by atoms with Gasteiger partial charge in [-0.25, -0.2) is 8.42 Å². The van der Waals surface area contributed by atoms with Gasteiger partial charge < -0.3 is 9.66 Å². The predicted octanol–water partition coefficient (Wildman–Crippen LogP) is -2.39. The Morgan fingerprint density at radius 2 is 1.92 bits per heavy atom. The van der Waals surface area contributed by atoms with E-state index in [0.717, 1.165) is 12.1 Å². The number of phenols is 1. The molecule has 6 heteroatoms. The molecule has 0 saturated heterocycles. The SMILES string of the molecule is Cc1cc(O)ccc1S(=O)(=O)[O-].[K+]. The van der Waals surface area contributed by atoms with E-state index in [1.165, 1.54) is 13.0 Å². The molecule has 66 valence electrons. The maximum atomic E-state index is 10.5. The van der Waals surface area contributed by atoms with Crippen LogP contribution in [0.4, 0.5) is 0 Å². The summed E-state index contributed by atoms with van der Waals surface area (Å²) in [5.41, 5.74) is 0.255. The van der Waals surface area contributed by atoms with Gasteiger partial charge in [0, 0.05) is 0 Å². The molecule has 1 aromatic rings. The van der Waals surface area contributed by atoms with Gasteiger partial charge in [-0.3, -0.25) is 0 Å². The predicted molar refractivity (Wildman–Crippen MR) is 40.8 cm³/mol. The molecule has 1 rings (SSSR count). The fourth-order valence-electron chi connectivity index (χ4n) is 0.914. The van der Waals surface area contributed by atoms with E-state index in [1.807, 2.05) is 0 Å². The van der Waals surface area contributed by atoms with Crippen LogP contribution in [-0.2, 0) is 10.1 Å². The molecule has 0 unspecified atom stereocenters. The topological polar surface area (TPSA) is 77.4 Å². The van der Waals surface area contributed by atoms with Crippen molar-refractivity contribution in [3.8, 4) is 5.75 Å². The number of phenolic OH excluding ortho intramolecular Hbond substituents is 1. The van der Waals surface area contributed by atoms with Gasteiger partial charge in [0.25, 0.3) is 0 Å². The molecule has 0 amide bonds. The van der Waals surface area contributed by atoms with Crippen molar-refractivity contribution in [2.75, 3.05) is 0 Å². The number of rotatable bonds is 1. The average Bonchev–Trinajstić information content (AvgIpc) is 1.83. The summed E-state index contributed by atoms with van der Waals surface area (Å²) in [6.07, 6.45) is 0. The number of hydrogen-bond donors (Lipinski definition) is 1. The van der Waals surface area contributed by atoms with E-state index in [1.54, 1.807) is 0 Å². The van der Waals surface area contributed by atoms with E-state index >= 15 is 0 Å². The fraction of sp³-hybridized carbons (Fsp3) is 0.143. The first kappa shape index (κ1) is 13.6. The van der Waals surface area contributed by atoms with Crippen molar-refractivity contribution in [2.45, 2.75) is 11.8 Å². The first-order chi connectivity index (χ1) is 5.41. The van der Waals surface area contributed by atoms with E-state index in [0.29, 0.717) is 0 Å². The van der Waals surface area contributed by atoms with Crippen LogP contribution in [-0.4, -0.2) is 18.1 Å². The smallest absolute Gasteiger partial charge is 0.744 e. The third-order valence-corrected chi connectivity index (χ3v) is 2.42. The normalized spacial score (nSPS) is 10.6. The summed E-state index contributed by atoms with van der Waals surface area (Å²) in [4.78, 5) is -0.291. The number of aryl methyl sites for hydroxylation is 1. The minimum absolute atomic E-state index is 0. The summed E-state index contributed by atoms with van der Waals surface area (Å²) in [6, 6.07) is 3.48. The molecule has 13 heavy (non-hydrogen) atoms. The molecule has 0 aliphatic carbocycles. The Morgan fingerprint density at radius 1 is 1.38 bits per heavy atom. The minimum Gasteiger partial charge on any atom is -0.744 e. The summed E-state index contributed by atoms with van der Waals surface area (Å²) in [5, 5.41) is 8.91. The van der Waals surface area contributed by atoms with Gasteiger partial charge in [0.05, 0.1) is 4.90 Å². The Hall–Kier alpha value is 0.566. The van der Waals surface area contributed by atoms with Crippen LogP contribution in [0.2, 0.25) is 0 Å². The molecule has 0 saturated carbocycles. The largest absolute Gasteiger partial charge is 1.00 e. The van der Waals surface area contributed by atoms with Crippen LogP contribution >= 0.6 is 0 Å². The summed E-state index contributed by atoms with van der Waals surface area (Å²) in [7, 11) is -4.41. The molecule has 0 radical (unpaired) electrons. The van der Waals surface area contributed by atoms with E-state index in [2.05, 4.69) is 0 Å². The van der Waals surface area contributed by atoms with Crippen LogP contribution in [0.1, 0.15) is 5.56 Å². The van der Waals surface area contributed by atoms with Gasteiger partial charge in [-0.15, -0.1) is 0 Å². The van der Waals surface area contributed by atoms with Gasteiger partial charge in [0.2, 0.25) is 0 Å². The maximum Gasteiger partial charge on any atom is 1.00 e. The van der Waals surface area contributed by atoms with Crippen molar-refractivity contribution >= 4 is 10.1 Å². The summed E-state index contributed by atoms with van der Waals surface area (Å²) < 4.78 is 31.6. The molecule has 0 heterocycles. The summed E-state index contributed by atoms with van der Waals surface area (Å²) in [5.74, 6) is -0.0556. The Kier molecular flexibility index (Phi) is 5.09. The molecule has 0 aromatic heterocycles. The Morgan fingerprint density at radius 3 is 2.31 bits per heavy atom. The number of aromatic hydroxyl groups is 1. The maximum absolute atomic E-state index is 10.5. The standard InChI is InChI=1S/C7H8O4S.K/c1-5-4-6(8)2-3-7(5)12(9,10)11;/h2-4,8H,1H3,(H,9,10,11);/q;+1/p-1. The zero-order chi connectivity index (χ0) is 9.35. The van der Waals surface area contributed by atoms with Crippen LogP contribution in [0.25, 0.3) is 0 Å². The van der Waals surface area contributed by atoms with Gasteiger partial charge in [-0.1, -0.05) is 0 Å². The second-order valence-corrected chi connectivity index (χ2v) is 3.75. The van der Waals surface area contributed by atoms with Crippen LogP contribution in [0, 0.1) is 6.92 Å². The second-order valence-electron chi connectivity index (χ2n) is 2.40. The Bertz CT molecular complexity index is 399. The zero-order valence-electron chi connectivity index (χ0n) is 7.31. The van der Waals surface area contributed by atoms with Crippen molar-refractivity contribution in [3.05, 3.63) is 23.8 Å². The van der Waals surface area contributed by atoms with Crippen molar-refractivity contribution in [1.29, 1.82) is 0 Å². The molecule has 0 spiro atoms. The van der Waals surface area contributed by atoms with Crippen LogP contribution in [0.5, 0.6) is 5.75 Å². The van der Waals surface area contributed by atoms with Crippen molar-refractivity contribution < 1.29 is 69.5 Å². The minimum atomic E-state index is -4.41. The van der Waals surface area contributed by atoms with Gasteiger partial charge >= 0.3 is 51.4 Å². The van der Waals surface area contributed by atoms with Crippen LogP contribution in [0.15, 0.2) is 23.1 Å². The second kappa shape index (κ2) is 4.88. The molecule has 0 fully saturated rings. The molecule has 0 aliphatic heterocycles. The molecule has 0 bridgehead atoms. The molecule has 1 aromatic carbocycles. The quantitative estimate of drug-likeness (QED) is 0.428. The Labute approximate surface area is 119 Å². The third kappa shape index (κ3) is 3.66.